The van der Waals surface area contributed by atoms with Gasteiger partial charge in [-0.25, -0.2) is 9.59 Å². The Morgan fingerprint density at radius 3 is 2.18 bits per heavy atom. The van der Waals surface area contributed by atoms with Gasteiger partial charge in [0, 0.05) is 24.0 Å². The van der Waals surface area contributed by atoms with Gasteiger partial charge in [0.05, 0.1) is 0 Å². The smallest absolute Gasteiger partial charge is 0.331 e. The summed E-state index contributed by atoms with van der Waals surface area (Å²) in [6.45, 7) is 7.09. The first-order valence-corrected chi connectivity index (χ1v) is 6.71. The van der Waals surface area contributed by atoms with Gasteiger partial charge in [-0.05, 0) is 21.9 Å². The highest BCUT2D eigenvalue weighted by molar-refractivity contribution is 5.91. The van der Waals surface area contributed by atoms with Crippen molar-refractivity contribution in [2.45, 2.75) is 12.8 Å². The van der Waals surface area contributed by atoms with E-state index in [0.717, 1.165) is 21.9 Å². The quantitative estimate of drug-likeness (QED) is 0.803. The Morgan fingerprint density at radius 2 is 1.55 bits per heavy atom. The Hall–Kier alpha value is -2.88. The molecule has 112 valence electrons. The lowest BCUT2D eigenvalue weighted by atomic mass is 9.96. The van der Waals surface area contributed by atoms with Crippen molar-refractivity contribution in [3.05, 3.63) is 71.8 Å². The van der Waals surface area contributed by atoms with Gasteiger partial charge in [0.25, 0.3) is 0 Å². The van der Waals surface area contributed by atoms with Crippen molar-refractivity contribution in [2.24, 2.45) is 0 Å². The Morgan fingerprint density at radius 1 is 0.909 bits per heavy atom. The monoisotopic (exact) mass is 296 g/mol. The number of aliphatic carboxylic acids is 2. The number of hydrogen-bond donors (Lipinski definition) is 2. The van der Waals surface area contributed by atoms with Crippen molar-refractivity contribution in [3.8, 4) is 0 Å². The molecule has 2 rings (SSSR count). The molecule has 2 aromatic carbocycles. The van der Waals surface area contributed by atoms with Gasteiger partial charge in [-0.15, -0.1) is 0 Å². The van der Waals surface area contributed by atoms with E-state index in [9.17, 15) is 9.59 Å². The van der Waals surface area contributed by atoms with E-state index in [1.54, 1.807) is 0 Å². The first-order chi connectivity index (χ1) is 10.4. The Balaban J connectivity index is 2.41. The van der Waals surface area contributed by atoms with E-state index in [0.29, 0.717) is 0 Å². The van der Waals surface area contributed by atoms with Crippen LogP contribution in [-0.2, 0) is 22.4 Å². The van der Waals surface area contributed by atoms with E-state index in [4.69, 9.17) is 10.2 Å². The van der Waals surface area contributed by atoms with Crippen LogP contribution in [0.5, 0.6) is 0 Å². The molecule has 0 aliphatic carbocycles. The standard InChI is InChI=1S/C18H16O4/c1-11(17(19)20)8-13-6-7-14-4-3-5-15(16(14)10-13)9-12(2)18(21)22/h3-7,10H,1-2,8-9H2,(H,19,20)(H,21,22). The Labute approximate surface area is 128 Å². The van der Waals surface area contributed by atoms with E-state index in [-0.39, 0.29) is 24.0 Å². The summed E-state index contributed by atoms with van der Waals surface area (Å²) < 4.78 is 0. The summed E-state index contributed by atoms with van der Waals surface area (Å²) in [5.41, 5.74) is 1.92. The van der Waals surface area contributed by atoms with E-state index in [1.165, 1.54) is 0 Å². The summed E-state index contributed by atoms with van der Waals surface area (Å²) in [6.07, 6.45) is 0.496. The lowest BCUT2D eigenvalue weighted by Gasteiger charge is -2.09. The van der Waals surface area contributed by atoms with Gasteiger partial charge >= 0.3 is 11.9 Å². The highest BCUT2D eigenvalue weighted by Crippen LogP contribution is 2.23. The fourth-order valence-electron chi connectivity index (χ4n) is 2.28. The third-order valence-electron chi connectivity index (χ3n) is 3.46. The molecule has 0 radical (unpaired) electrons. The minimum absolute atomic E-state index is 0.117. The zero-order chi connectivity index (χ0) is 16.3. The predicted octanol–water partition coefficient (Wildman–Crippen LogP) is 3.21. The molecule has 0 fully saturated rings. The zero-order valence-electron chi connectivity index (χ0n) is 12.0. The van der Waals surface area contributed by atoms with Gasteiger partial charge in [0.1, 0.15) is 0 Å². The van der Waals surface area contributed by atoms with Gasteiger partial charge in [-0.1, -0.05) is 49.6 Å². The highest BCUT2D eigenvalue weighted by Gasteiger charge is 2.10. The maximum atomic E-state index is 11.0. The molecular formula is C18H16O4. The maximum absolute atomic E-state index is 11.0. The van der Waals surface area contributed by atoms with Crippen molar-refractivity contribution in [1.29, 1.82) is 0 Å². The average Bonchev–Trinajstić information content (AvgIpc) is 2.47. The molecule has 2 N–H and O–H groups in total. The van der Waals surface area contributed by atoms with Crippen LogP contribution in [0.4, 0.5) is 0 Å². The molecular weight excluding hydrogens is 280 g/mol. The number of carboxylic acids is 2. The van der Waals surface area contributed by atoms with Gasteiger partial charge < -0.3 is 10.2 Å². The normalized spacial score (nSPS) is 10.4. The molecule has 0 atom stereocenters. The summed E-state index contributed by atoms with van der Waals surface area (Å²) in [5.74, 6) is -2.04. The van der Waals surface area contributed by atoms with Crippen molar-refractivity contribution in [2.75, 3.05) is 0 Å². The van der Waals surface area contributed by atoms with Crippen molar-refractivity contribution >= 4 is 22.7 Å². The van der Waals surface area contributed by atoms with E-state index < -0.39 is 11.9 Å². The van der Waals surface area contributed by atoms with Crippen molar-refractivity contribution < 1.29 is 19.8 Å². The zero-order valence-corrected chi connectivity index (χ0v) is 12.0. The molecule has 0 bridgehead atoms. The number of carboxylic acid groups (broad SMARTS) is 2. The van der Waals surface area contributed by atoms with Crippen LogP contribution in [0, 0.1) is 0 Å². The lowest BCUT2D eigenvalue weighted by Crippen LogP contribution is -2.03. The van der Waals surface area contributed by atoms with Crippen LogP contribution in [0.1, 0.15) is 11.1 Å². The van der Waals surface area contributed by atoms with Crippen LogP contribution in [0.15, 0.2) is 60.7 Å². The van der Waals surface area contributed by atoms with Crippen molar-refractivity contribution in [1.82, 2.24) is 0 Å². The topological polar surface area (TPSA) is 74.6 Å². The van der Waals surface area contributed by atoms with E-state index >= 15 is 0 Å². The molecule has 4 heteroatoms. The first-order valence-electron chi connectivity index (χ1n) is 6.71. The molecule has 0 heterocycles. The third-order valence-corrected chi connectivity index (χ3v) is 3.46. The average molecular weight is 296 g/mol. The summed E-state index contributed by atoms with van der Waals surface area (Å²) in [4.78, 5) is 21.8. The molecule has 2 aromatic rings. The Bertz CT molecular complexity index is 787. The predicted molar refractivity (Wildman–Crippen MR) is 84.9 cm³/mol. The Kier molecular flexibility index (Phi) is 4.41. The minimum Gasteiger partial charge on any atom is -0.478 e. The third kappa shape index (κ3) is 3.41. The fraction of sp³-hybridized carbons (Fsp3) is 0.111. The summed E-state index contributed by atoms with van der Waals surface area (Å²) in [5, 5.41) is 19.8. The van der Waals surface area contributed by atoms with Gasteiger partial charge in [-0.3, -0.25) is 0 Å². The minimum atomic E-state index is -1.02. The number of hydrogen-bond acceptors (Lipinski definition) is 2. The second-order valence-electron chi connectivity index (χ2n) is 5.14. The van der Waals surface area contributed by atoms with Crippen LogP contribution in [0.3, 0.4) is 0 Å². The highest BCUT2D eigenvalue weighted by atomic mass is 16.4. The van der Waals surface area contributed by atoms with Crippen LogP contribution >= 0.6 is 0 Å². The number of fused-ring (bicyclic) bond motifs is 1. The molecule has 4 nitrogen and oxygen atoms in total. The van der Waals surface area contributed by atoms with Gasteiger partial charge in [0.2, 0.25) is 0 Å². The van der Waals surface area contributed by atoms with Crippen LogP contribution in [-0.4, -0.2) is 22.2 Å². The van der Waals surface area contributed by atoms with Crippen LogP contribution in [0.25, 0.3) is 10.8 Å². The number of benzene rings is 2. The van der Waals surface area contributed by atoms with Crippen LogP contribution < -0.4 is 0 Å². The number of carbonyl (C=O) groups is 2. The molecule has 0 aliphatic rings. The van der Waals surface area contributed by atoms with Crippen LogP contribution in [0.2, 0.25) is 0 Å². The molecule has 22 heavy (non-hydrogen) atoms. The molecule has 0 aliphatic heterocycles. The molecule has 0 aromatic heterocycles. The molecule has 0 amide bonds. The summed E-state index contributed by atoms with van der Waals surface area (Å²) in [7, 11) is 0. The SMILES string of the molecule is C=C(Cc1ccc2cccc(CC(=C)C(=O)O)c2c1)C(=O)O. The molecule has 0 saturated carbocycles. The lowest BCUT2D eigenvalue weighted by molar-refractivity contribution is -0.133. The first kappa shape index (κ1) is 15.5. The van der Waals surface area contributed by atoms with Gasteiger partial charge in [-0.2, -0.15) is 0 Å². The molecule has 0 saturated heterocycles. The summed E-state index contributed by atoms with van der Waals surface area (Å²) in [6, 6.07) is 11.3. The molecule has 0 spiro atoms. The van der Waals surface area contributed by atoms with E-state index in [1.807, 2.05) is 36.4 Å². The van der Waals surface area contributed by atoms with E-state index in [2.05, 4.69) is 13.2 Å². The van der Waals surface area contributed by atoms with Crippen molar-refractivity contribution in [3.63, 3.8) is 0 Å². The fourth-order valence-corrected chi connectivity index (χ4v) is 2.28. The largest absolute Gasteiger partial charge is 0.478 e. The summed E-state index contributed by atoms with van der Waals surface area (Å²) >= 11 is 0. The number of rotatable bonds is 6. The van der Waals surface area contributed by atoms with Gasteiger partial charge in [0.15, 0.2) is 0 Å². The second-order valence-corrected chi connectivity index (χ2v) is 5.14. The molecule has 0 unspecified atom stereocenters. The second kappa shape index (κ2) is 6.26. The maximum Gasteiger partial charge on any atom is 0.331 e.